The number of aromatic nitrogens is 2. The number of alkyl halides is 1. The molecule has 98 valence electrons. The van der Waals surface area contributed by atoms with Crippen LogP contribution in [0, 0.1) is 6.92 Å². The van der Waals surface area contributed by atoms with Crippen LogP contribution in [0.5, 0.6) is 0 Å². The second-order valence-electron chi connectivity index (χ2n) is 5.02. The standard InChI is InChI=1S/C15H21ClN2/c1-4-5-6-12(3)18-14-8-7-11(2)9-13(14)17-15(18)10-16/h7-9,12H,4-6,10H2,1-3H3. The SMILES string of the molecule is CCCCC(C)n1c(CCl)nc2cc(C)ccc21. The Hall–Kier alpha value is -1.02. The summed E-state index contributed by atoms with van der Waals surface area (Å²) in [5.41, 5.74) is 3.52. The Morgan fingerprint density at radius 1 is 1.39 bits per heavy atom. The molecular formula is C15H21ClN2. The first kappa shape index (κ1) is 13.4. The van der Waals surface area contributed by atoms with Crippen molar-refractivity contribution in [2.45, 2.75) is 52.0 Å². The van der Waals surface area contributed by atoms with E-state index in [1.165, 1.54) is 30.3 Å². The topological polar surface area (TPSA) is 17.8 Å². The minimum Gasteiger partial charge on any atom is -0.324 e. The van der Waals surface area contributed by atoms with Gasteiger partial charge in [-0.15, -0.1) is 11.6 Å². The number of unbranched alkanes of at least 4 members (excludes halogenated alkanes) is 1. The van der Waals surface area contributed by atoms with E-state index in [9.17, 15) is 0 Å². The van der Waals surface area contributed by atoms with Crippen LogP contribution in [0.25, 0.3) is 11.0 Å². The molecule has 0 amide bonds. The van der Waals surface area contributed by atoms with Crippen molar-refractivity contribution >= 4 is 22.6 Å². The number of hydrogen-bond acceptors (Lipinski definition) is 1. The van der Waals surface area contributed by atoms with Gasteiger partial charge in [-0.05, 0) is 38.0 Å². The van der Waals surface area contributed by atoms with Gasteiger partial charge in [0.15, 0.2) is 0 Å². The van der Waals surface area contributed by atoms with E-state index in [1.807, 2.05) is 0 Å². The molecule has 2 rings (SSSR count). The van der Waals surface area contributed by atoms with E-state index in [4.69, 9.17) is 11.6 Å². The predicted octanol–water partition coefficient (Wildman–Crippen LogP) is 4.83. The average molecular weight is 265 g/mol. The summed E-state index contributed by atoms with van der Waals surface area (Å²) in [5.74, 6) is 1.46. The Balaban J connectivity index is 2.46. The van der Waals surface area contributed by atoms with Gasteiger partial charge in [0.25, 0.3) is 0 Å². The van der Waals surface area contributed by atoms with E-state index >= 15 is 0 Å². The predicted molar refractivity (Wildman–Crippen MR) is 78.3 cm³/mol. The van der Waals surface area contributed by atoms with Crippen molar-refractivity contribution in [3.63, 3.8) is 0 Å². The highest BCUT2D eigenvalue weighted by Crippen LogP contribution is 2.26. The van der Waals surface area contributed by atoms with Crippen LogP contribution in [0.15, 0.2) is 18.2 Å². The van der Waals surface area contributed by atoms with Gasteiger partial charge >= 0.3 is 0 Å². The summed E-state index contributed by atoms with van der Waals surface area (Å²) in [4.78, 5) is 4.65. The third-order valence-corrected chi connectivity index (χ3v) is 3.69. The Labute approximate surface area is 114 Å². The first-order valence-corrected chi connectivity index (χ1v) is 7.24. The average Bonchev–Trinajstić information content (AvgIpc) is 2.73. The van der Waals surface area contributed by atoms with E-state index < -0.39 is 0 Å². The van der Waals surface area contributed by atoms with Gasteiger partial charge in [-0.25, -0.2) is 4.98 Å². The second kappa shape index (κ2) is 5.75. The zero-order chi connectivity index (χ0) is 13.1. The molecule has 1 atom stereocenters. The lowest BCUT2D eigenvalue weighted by atomic mass is 10.1. The highest BCUT2D eigenvalue weighted by atomic mass is 35.5. The van der Waals surface area contributed by atoms with Crippen LogP contribution in [-0.4, -0.2) is 9.55 Å². The number of fused-ring (bicyclic) bond motifs is 1. The van der Waals surface area contributed by atoms with Crippen molar-refractivity contribution in [1.29, 1.82) is 0 Å². The molecule has 1 aromatic carbocycles. The van der Waals surface area contributed by atoms with Crippen molar-refractivity contribution in [3.05, 3.63) is 29.6 Å². The van der Waals surface area contributed by atoms with Crippen LogP contribution in [0.4, 0.5) is 0 Å². The largest absolute Gasteiger partial charge is 0.324 e. The normalized spacial score (nSPS) is 13.1. The Morgan fingerprint density at radius 3 is 2.83 bits per heavy atom. The highest BCUT2D eigenvalue weighted by molar-refractivity contribution is 6.16. The van der Waals surface area contributed by atoms with E-state index in [0.717, 1.165) is 11.3 Å². The summed E-state index contributed by atoms with van der Waals surface area (Å²) in [5, 5.41) is 0. The number of hydrogen-bond donors (Lipinski definition) is 0. The first-order chi connectivity index (χ1) is 8.67. The van der Waals surface area contributed by atoms with Gasteiger partial charge < -0.3 is 4.57 Å². The molecule has 0 spiro atoms. The third kappa shape index (κ3) is 2.54. The fourth-order valence-electron chi connectivity index (χ4n) is 2.47. The molecule has 0 aliphatic heterocycles. The summed E-state index contributed by atoms with van der Waals surface area (Å²) < 4.78 is 2.30. The molecule has 1 heterocycles. The first-order valence-electron chi connectivity index (χ1n) is 6.70. The summed E-state index contributed by atoms with van der Waals surface area (Å²) >= 11 is 6.04. The number of benzene rings is 1. The Bertz CT molecular complexity index is 531. The van der Waals surface area contributed by atoms with Crippen LogP contribution in [0.3, 0.4) is 0 Å². The van der Waals surface area contributed by atoms with E-state index in [-0.39, 0.29) is 0 Å². The smallest absolute Gasteiger partial charge is 0.125 e. The monoisotopic (exact) mass is 264 g/mol. The van der Waals surface area contributed by atoms with Crippen molar-refractivity contribution in [3.8, 4) is 0 Å². The molecule has 2 aromatic rings. The minimum atomic E-state index is 0.464. The fraction of sp³-hybridized carbons (Fsp3) is 0.533. The van der Waals surface area contributed by atoms with E-state index in [0.29, 0.717) is 11.9 Å². The number of halogens is 1. The molecule has 18 heavy (non-hydrogen) atoms. The van der Waals surface area contributed by atoms with Gasteiger partial charge in [0.1, 0.15) is 5.82 Å². The van der Waals surface area contributed by atoms with Gasteiger partial charge in [-0.2, -0.15) is 0 Å². The molecule has 1 unspecified atom stereocenters. The van der Waals surface area contributed by atoms with Crippen molar-refractivity contribution in [2.24, 2.45) is 0 Å². The number of aryl methyl sites for hydroxylation is 1. The maximum absolute atomic E-state index is 6.04. The Kier molecular flexibility index (Phi) is 4.28. The van der Waals surface area contributed by atoms with Gasteiger partial charge in [-0.1, -0.05) is 25.8 Å². The Morgan fingerprint density at radius 2 is 2.17 bits per heavy atom. The van der Waals surface area contributed by atoms with Crippen LogP contribution < -0.4 is 0 Å². The zero-order valence-corrected chi connectivity index (χ0v) is 12.2. The molecule has 3 heteroatoms. The lowest BCUT2D eigenvalue weighted by Gasteiger charge is -2.16. The molecule has 0 aliphatic rings. The molecule has 0 radical (unpaired) electrons. The molecule has 0 saturated heterocycles. The molecular weight excluding hydrogens is 244 g/mol. The second-order valence-corrected chi connectivity index (χ2v) is 5.28. The number of imidazole rings is 1. The molecule has 0 aliphatic carbocycles. The molecule has 1 aromatic heterocycles. The summed E-state index contributed by atoms with van der Waals surface area (Å²) in [6.07, 6.45) is 3.65. The van der Waals surface area contributed by atoms with Crippen LogP contribution in [-0.2, 0) is 5.88 Å². The highest BCUT2D eigenvalue weighted by Gasteiger charge is 2.14. The van der Waals surface area contributed by atoms with E-state index in [2.05, 4.69) is 48.5 Å². The summed E-state index contributed by atoms with van der Waals surface area (Å²) in [6, 6.07) is 6.90. The van der Waals surface area contributed by atoms with Crippen molar-refractivity contribution in [1.82, 2.24) is 9.55 Å². The van der Waals surface area contributed by atoms with Crippen LogP contribution in [0.2, 0.25) is 0 Å². The molecule has 0 saturated carbocycles. The third-order valence-electron chi connectivity index (χ3n) is 3.45. The molecule has 0 N–H and O–H groups in total. The lowest BCUT2D eigenvalue weighted by molar-refractivity contribution is 0.485. The van der Waals surface area contributed by atoms with Crippen LogP contribution in [0.1, 0.15) is 50.5 Å². The van der Waals surface area contributed by atoms with Crippen molar-refractivity contribution < 1.29 is 0 Å². The van der Waals surface area contributed by atoms with Crippen molar-refractivity contribution in [2.75, 3.05) is 0 Å². The molecule has 2 nitrogen and oxygen atoms in total. The number of nitrogens with zero attached hydrogens (tertiary/aromatic N) is 2. The zero-order valence-electron chi connectivity index (χ0n) is 11.4. The van der Waals surface area contributed by atoms with Crippen LogP contribution >= 0.6 is 11.6 Å². The maximum atomic E-state index is 6.04. The van der Waals surface area contributed by atoms with Gasteiger partial charge in [0, 0.05) is 6.04 Å². The number of rotatable bonds is 5. The van der Waals surface area contributed by atoms with Gasteiger partial charge in [-0.3, -0.25) is 0 Å². The van der Waals surface area contributed by atoms with Gasteiger partial charge in [0.2, 0.25) is 0 Å². The fourth-order valence-corrected chi connectivity index (χ4v) is 2.66. The quantitative estimate of drug-likeness (QED) is 0.707. The maximum Gasteiger partial charge on any atom is 0.125 e. The van der Waals surface area contributed by atoms with Gasteiger partial charge in [0.05, 0.1) is 16.9 Å². The molecule has 0 bridgehead atoms. The summed E-state index contributed by atoms with van der Waals surface area (Å²) in [7, 11) is 0. The summed E-state index contributed by atoms with van der Waals surface area (Å²) in [6.45, 7) is 6.58. The lowest BCUT2D eigenvalue weighted by Crippen LogP contribution is -2.08. The molecule has 0 fully saturated rings. The minimum absolute atomic E-state index is 0.464. The van der Waals surface area contributed by atoms with E-state index in [1.54, 1.807) is 0 Å².